The third-order valence-electron chi connectivity index (χ3n) is 9.82. The summed E-state index contributed by atoms with van der Waals surface area (Å²) in [4.78, 5) is 74.9. The van der Waals surface area contributed by atoms with Gasteiger partial charge in [-0.2, -0.15) is 10.5 Å². The lowest BCUT2D eigenvalue weighted by atomic mass is 10.0. The first-order valence-corrected chi connectivity index (χ1v) is 22.1. The van der Waals surface area contributed by atoms with Gasteiger partial charge in [0, 0.05) is 56.9 Å². The van der Waals surface area contributed by atoms with Crippen LogP contribution in [0.4, 0.5) is 19.6 Å². The number of carbonyl (C=O) groups is 6. The van der Waals surface area contributed by atoms with Crippen molar-refractivity contribution in [1.29, 1.82) is 10.5 Å². The largest absolute Gasteiger partial charge is 0.481 e. The minimum atomic E-state index is -0.896. The standard InChI is InChI=1S/C23H26N4O4S.C14H19N3O2S.C9H9NO3/c1-13-9-18-17(12-27(13)22(30)31-23(2,3)4)16(11-24)21(32-18)26-19(28)10-14-5-7-15(8-6-14)20(25)29;1-8-5-11-10(9(6-15)12(16)20-11)7-17(8)13(18)19-14(2,3)4;10-9(13)7-3-1-6(2-4-7)5-8(11)12/h5-8,13H,9-10,12H2,1-4H3,(H2,25,29)(H,26,28);8H,5,7,16H2,1-4H3;1-4H,5H2,(H2,10,13)(H,11,12). The van der Waals surface area contributed by atoms with Gasteiger partial charge in [-0.3, -0.25) is 19.2 Å². The average Bonchev–Trinajstić information content (AvgIpc) is 3.69. The van der Waals surface area contributed by atoms with Crippen molar-refractivity contribution < 1.29 is 43.3 Å². The maximum atomic E-state index is 12.6. The Hall–Kier alpha value is -6.96. The molecule has 2 aromatic carbocycles. The summed E-state index contributed by atoms with van der Waals surface area (Å²) in [5, 5.41) is 31.2. The smallest absolute Gasteiger partial charge is 0.410 e. The zero-order valence-electron chi connectivity index (χ0n) is 37.6. The molecule has 19 heteroatoms. The number of carboxylic acid groups (broad SMARTS) is 1. The number of anilines is 2. The Kier molecular flexibility index (Phi) is 16.5. The molecular formula is C46H54N8O9S2. The minimum absolute atomic E-state index is 0.0426. The van der Waals surface area contributed by atoms with Crippen molar-refractivity contribution in [2.45, 2.75) is 117 Å². The van der Waals surface area contributed by atoms with Gasteiger partial charge in [0.1, 0.15) is 33.3 Å². The van der Waals surface area contributed by atoms with Crippen molar-refractivity contribution in [3.8, 4) is 12.1 Å². The molecule has 0 saturated carbocycles. The zero-order chi connectivity index (χ0) is 48.6. The number of nitriles is 2. The molecule has 0 spiro atoms. The van der Waals surface area contributed by atoms with Crippen LogP contribution >= 0.6 is 22.7 Å². The predicted octanol–water partition coefficient (Wildman–Crippen LogP) is 6.88. The van der Waals surface area contributed by atoms with Crippen LogP contribution in [-0.4, -0.2) is 74.1 Å². The molecule has 2 unspecified atom stereocenters. The highest BCUT2D eigenvalue weighted by atomic mass is 32.1. The van der Waals surface area contributed by atoms with Crippen molar-refractivity contribution in [3.05, 3.63) is 103 Å². The van der Waals surface area contributed by atoms with E-state index in [0.29, 0.717) is 57.2 Å². The third-order valence-corrected chi connectivity index (χ3v) is 12.1. The summed E-state index contributed by atoms with van der Waals surface area (Å²) in [6.07, 6.45) is 0.579. The number of aliphatic carboxylic acids is 1. The molecule has 0 saturated heterocycles. The lowest BCUT2D eigenvalue weighted by molar-refractivity contribution is -0.136. The number of amides is 5. The van der Waals surface area contributed by atoms with E-state index in [9.17, 15) is 39.3 Å². The van der Waals surface area contributed by atoms with E-state index in [1.807, 2.05) is 55.4 Å². The number of primary amides is 2. The molecule has 2 aliphatic heterocycles. The summed E-state index contributed by atoms with van der Waals surface area (Å²) in [5.41, 5.74) is 19.6. The van der Waals surface area contributed by atoms with Crippen LogP contribution in [0.1, 0.15) is 119 Å². The lowest BCUT2D eigenvalue weighted by Gasteiger charge is -2.34. The number of rotatable bonds is 7. The Labute approximate surface area is 385 Å². The Balaban J connectivity index is 0.000000238. The molecule has 2 atom stereocenters. The number of fused-ring (bicyclic) bond motifs is 2. The SMILES string of the molecule is CC1Cc2sc(N)c(C#N)c2CN1C(=O)OC(C)(C)C.CC1Cc2sc(NC(=O)Cc3ccc(C(N)=O)cc3)c(C#N)c2CN1C(=O)OC(C)(C)C.NC(=O)c1ccc(CC(=O)O)cc1. The Bertz CT molecular complexity index is 2520. The highest BCUT2D eigenvalue weighted by molar-refractivity contribution is 7.17. The summed E-state index contributed by atoms with van der Waals surface area (Å²) in [5.74, 6) is -2.21. The molecule has 0 aliphatic carbocycles. The van der Waals surface area contributed by atoms with Crippen LogP contribution in [0.2, 0.25) is 0 Å². The third kappa shape index (κ3) is 14.0. The van der Waals surface area contributed by atoms with Gasteiger partial charge in [-0.15, -0.1) is 22.7 Å². The molecule has 4 heterocycles. The Morgan fingerprint density at radius 3 is 1.49 bits per heavy atom. The minimum Gasteiger partial charge on any atom is -0.481 e. The average molecular weight is 927 g/mol. The number of nitrogens with one attached hydrogen (secondary N) is 1. The normalized spacial score (nSPS) is 15.2. The fourth-order valence-electron chi connectivity index (χ4n) is 6.68. The van der Waals surface area contributed by atoms with E-state index in [0.717, 1.165) is 26.4 Å². The van der Waals surface area contributed by atoms with E-state index < -0.39 is 35.1 Å². The van der Waals surface area contributed by atoms with Crippen molar-refractivity contribution in [3.63, 3.8) is 0 Å². The Morgan fingerprint density at radius 2 is 1.11 bits per heavy atom. The number of hydrogen-bond donors (Lipinski definition) is 5. The molecule has 17 nitrogen and oxygen atoms in total. The number of nitrogens with zero attached hydrogens (tertiary/aromatic N) is 4. The molecule has 5 amide bonds. The van der Waals surface area contributed by atoms with Gasteiger partial charge in [-0.25, -0.2) is 9.59 Å². The van der Waals surface area contributed by atoms with Crippen molar-refractivity contribution >= 4 is 68.6 Å². The van der Waals surface area contributed by atoms with Crippen LogP contribution in [0, 0.1) is 22.7 Å². The summed E-state index contributed by atoms with van der Waals surface area (Å²) in [6, 6.07) is 16.9. The van der Waals surface area contributed by atoms with Gasteiger partial charge in [-0.05, 0) is 90.8 Å². The highest BCUT2D eigenvalue weighted by Gasteiger charge is 2.35. The van der Waals surface area contributed by atoms with Crippen molar-refractivity contribution in [2.75, 3.05) is 11.1 Å². The monoisotopic (exact) mass is 926 g/mol. The second-order valence-electron chi connectivity index (χ2n) is 17.4. The van der Waals surface area contributed by atoms with E-state index in [1.165, 1.54) is 34.8 Å². The number of nitrogens with two attached hydrogens (primary N) is 3. The van der Waals surface area contributed by atoms with Gasteiger partial charge in [0.15, 0.2) is 0 Å². The molecule has 0 fully saturated rings. The number of thiophene rings is 2. The molecule has 8 N–H and O–H groups in total. The number of carboxylic acids is 1. The second-order valence-corrected chi connectivity index (χ2v) is 19.7. The van der Waals surface area contributed by atoms with Crippen LogP contribution in [-0.2, 0) is 57.8 Å². The van der Waals surface area contributed by atoms with Gasteiger partial charge < -0.3 is 46.9 Å². The molecule has 2 aromatic heterocycles. The van der Waals surface area contributed by atoms with Crippen LogP contribution < -0.4 is 22.5 Å². The number of carbonyl (C=O) groups excluding carboxylic acids is 5. The van der Waals surface area contributed by atoms with Crippen LogP contribution in [0.5, 0.6) is 0 Å². The molecule has 6 rings (SSSR count). The number of benzene rings is 2. The quantitative estimate of drug-likeness (QED) is 0.127. The molecule has 344 valence electrons. The maximum Gasteiger partial charge on any atom is 0.410 e. The van der Waals surface area contributed by atoms with E-state index in [1.54, 1.807) is 46.2 Å². The van der Waals surface area contributed by atoms with Gasteiger partial charge in [0.05, 0.1) is 37.1 Å². The van der Waals surface area contributed by atoms with Gasteiger partial charge >= 0.3 is 18.2 Å². The summed E-state index contributed by atoms with van der Waals surface area (Å²) < 4.78 is 10.9. The molecular weight excluding hydrogens is 873 g/mol. The fraction of sp³-hybridized carbons (Fsp3) is 0.391. The second kappa shape index (κ2) is 21.1. The fourth-order valence-corrected chi connectivity index (χ4v) is 9.13. The van der Waals surface area contributed by atoms with E-state index in [-0.39, 0.29) is 43.5 Å². The first-order valence-electron chi connectivity index (χ1n) is 20.4. The molecule has 0 radical (unpaired) electrons. The number of nitrogen functional groups attached to an aromatic ring is 1. The predicted molar refractivity (Wildman–Crippen MR) is 246 cm³/mol. The topological polar surface area (TPSA) is 285 Å². The highest BCUT2D eigenvalue weighted by Crippen LogP contribution is 2.39. The van der Waals surface area contributed by atoms with Gasteiger partial charge in [0.25, 0.3) is 0 Å². The lowest BCUT2D eigenvalue weighted by Crippen LogP contribution is -2.44. The van der Waals surface area contributed by atoms with Crippen molar-refractivity contribution in [2.24, 2.45) is 11.5 Å². The molecule has 0 bridgehead atoms. The summed E-state index contributed by atoms with van der Waals surface area (Å²) >= 11 is 2.82. The number of ether oxygens (including phenoxy) is 2. The molecule has 4 aromatic rings. The first-order chi connectivity index (χ1) is 30.3. The zero-order valence-corrected chi connectivity index (χ0v) is 39.2. The first kappa shape index (κ1) is 50.7. The van der Waals surface area contributed by atoms with E-state index >= 15 is 0 Å². The van der Waals surface area contributed by atoms with E-state index in [2.05, 4.69) is 17.5 Å². The van der Waals surface area contributed by atoms with Gasteiger partial charge in [-0.1, -0.05) is 24.3 Å². The molecule has 2 aliphatic rings. The Morgan fingerprint density at radius 1 is 0.708 bits per heavy atom. The van der Waals surface area contributed by atoms with Crippen LogP contribution in [0.25, 0.3) is 0 Å². The van der Waals surface area contributed by atoms with Crippen molar-refractivity contribution in [1.82, 2.24) is 9.80 Å². The van der Waals surface area contributed by atoms with Crippen LogP contribution in [0.15, 0.2) is 48.5 Å². The van der Waals surface area contributed by atoms with Gasteiger partial charge in [0.2, 0.25) is 17.7 Å². The van der Waals surface area contributed by atoms with E-state index in [4.69, 9.17) is 31.8 Å². The summed E-state index contributed by atoms with van der Waals surface area (Å²) in [6.45, 7) is 15.5. The molecule has 65 heavy (non-hydrogen) atoms. The summed E-state index contributed by atoms with van der Waals surface area (Å²) in [7, 11) is 0. The number of hydrogen-bond acceptors (Lipinski definition) is 13. The maximum absolute atomic E-state index is 12.6. The van der Waals surface area contributed by atoms with Crippen LogP contribution in [0.3, 0.4) is 0 Å².